The van der Waals surface area contributed by atoms with Gasteiger partial charge in [0, 0.05) is 5.69 Å². The topological polar surface area (TPSA) is 113 Å². The van der Waals surface area contributed by atoms with Gasteiger partial charge in [0.1, 0.15) is 17.8 Å². The molecule has 2 fully saturated rings. The number of para-hydroxylation sites is 1. The molecule has 0 saturated carbocycles. The van der Waals surface area contributed by atoms with Gasteiger partial charge in [-0.25, -0.2) is 13.2 Å². The first-order valence-corrected chi connectivity index (χ1v) is 12.3. The van der Waals surface area contributed by atoms with E-state index in [1.54, 1.807) is 61.5 Å². The minimum atomic E-state index is -3.26. The van der Waals surface area contributed by atoms with Crippen molar-refractivity contribution in [2.75, 3.05) is 30.1 Å². The maximum absolute atomic E-state index is 13.4. The van der Waals surface area contributed by atoms with E-state index in [0.29, 0.717) is 23.4 Å². The molecule has 2 heterocycles. The lowest BCUT2D eigenvalue weighted by Crippen LogP contribution is -2.48. The lowest BCUT2D eigenvalue weighted by molar-refractivity contribution is -0.134. The Morgan fingerprint density at radius 2 is 1.82 bits per heavy atom. The highest BCUT2D eigenvalue weighted by Crippen LogP contribution is 2.31. The number of benzene rings is 2. The van der Waals surface area contributed by atoms with E-state index >= 15 is 0 Å². The summed E-state index contributed by atoms with van der Waals surface area (Å²) in [6, 6.07) is 14.2. The highest BCUT2D eigenvalue weighted by molar-refractivity contribution is 7.91. The summed E-state index contributed by atoms with van der Waals surface area (Å²) >= 11 is 0. The second-order valence-corrected chi connectivity index (χ2v) is 10.6. The zero-order valence-electron chi connectivity index (χ0n) is 18.4. The average molecular weight is 472 g/mol. The molecular formula is C23H25N3O6S. The number of sulfone groups is 1. The Balaban J connectivity index is 1.59. The predicted molar refractivity (Wildman–Crippen MR) is 122 cm³/mol. The number of ether oxygens (including phenoxy) is 1. The van der Waals surface area contributed by atoms with Crippen molar-refractivity contribution in [1.29, 1.82) is 0 Å². The molecule has 2 aliphatic heterocycles. The molecule has 0 unspecified atom stereocenters. The largest absolute Gasteiger partial charge is 0.497 e. The second kappa shape index (κ2) is 8.51. The molecule has 2 atom stereocenters. The van der Waals surface area contributed by atoms with Crippen molar-refractivity contribution in [1.82, 2.24) is 10.2 Å². The third-order valence-corrected chi connectivity index (χ3v) is 7.86. The summed E-state index contributed by atoms with van der Waals surface area (Å²) in [5.41, 5.74) is -0.259. The molecule has 10 heteroatoms. The number of carbonyl (C=O) groups excluding carboxylic acids is 3. The Labute approximate surface area is 192 Å². The molecule has 0 radical (unpaired) electrons. The normalized spacial score (nSPS) is 23.9. The number of amides is 4. The molecule has 4 amide bonds. The highest BCUT2D eigenvalue weighted by Gasteiger charge is 2.50. The van der Waals surface area contributed by atoms with Gasteiger partial charge in [0.15, 0.2) is 9.84 Å². The van der Waals surface area contributed by atoms with Crippen LogP contribution in [0.25, 0.3) is 0 Å². The zero-order valence-corrected chi connectivity index (χ0v) is 19.2. The van der Waals surface area contributed by atoms with E-state index in [0.717, 1.165) is 4.90 Å². The van der Waals surface area contributed by atoms with E-state index in [1.807, 2.05) is 0 Å². The molecule has 9 nitrogen and oxygen atoms in total. The fourth-order valence-corrected chi connectivity index (χ4v) is 6.00. The van der Waals surface area contributed by atoms with Crippen LogP contribution in [0.15, 0.2) is 54.6 Å². The highest BCUT2D eigenvalue weighted by atomic mass is 32.2. The summed E-state index contributed by atoms with van der Waals surface area (Å²) in [5.74, 6) is -0.635. The minimum Gasteiger partial charge on any atom is -0.497 e. The van der Waals surface area contributed by atoms with Gasteiger partial charge in [0.25, 0.3) is 5.91 Å². The van der Waals surface area contributed by atoms with Gasteiger partial charge in [-0.3, -0.25) is 14.5 Å². The first-order chi connectivity index (χ1) is 15.6. The van der Waals surface area contributed by atoms with Crippen molar-refractivity contribution >= 4 is 33.4 Å². The molecular weight excluding hydrogens is 446 g/mol. The number of urea groups is 1. The Kier molecular flexibility index (Phi) is 5.87. The van der Waals surface area contributed by atoms with Crippen LogP contribution in [-0.2, 0) is 25.0 Å². The Morgan fingerprint density at radius 3 is 2.39 bits per heavy atom. The number of nitrogens with one attached hydrogen (secondary N) is 1. The van der Waals surface area contributed by atoms with Gasteiger partial charge in [-0.2, -0.15) is 0 Å². The van der Waals surface area contributed by atoms with Crippen LogP contribution in [0.4, 0.5) is 10.5 Å². The number of methoxy groups -OCH3 is 1. The third kappa shape index (κ3) is 4.30. The summed E-state index contributed by atoms with van der Waals surface area (Å²) in [6.07, 6.45) is 0.298. The van der Waals surface area contributed by atoms with Gasteiger partial charge < -0.3 is 15.0 Å². The smallest absolute Gasteiger partial charge is 0.325 e. The molecule has 174 valence electrons. The van der Waals surface area contributed by atoms with Crippen LogP contribution >= 0.6 is 0 Å². The summed E-state index contributed by atoms with van der Waals surface area (Å²) in [5, 5.41) is 2.68. The fraction of sp³-hybridized carbons (Fsp3) is 0.348. The Bertz CT molecular complexity index is 1180. The number of hydrogen-bond donors (Lipinski definition) is 1. The minimum absolute atomic E-state index is 0.00699. The van der Waals surface area contributed by atoms with Crippen molar-refractivity contribution in [3.63, 3.8) is 0 Å². The van der Waals surface area contributed by atoms with Crippen LogP contribution in [0.3, 0.4) is 0 Å². The van der Waals surface area contributed by atoms with Gasteiger partial charge in [0.2, 0.25) is 5.91 Å². The number of rotatable bonds is 6. The van der Waals surface area contributed by atoms with Crippen molar-refractivity contribution in [2.45, 2.75) is 24.9 Å². The van der Waals surface area contributed by atoms with E-state index < -0.39 is 45.8 Å². The van der Waals surface area contributed by atoms with Crippen LogP contribution in [0, 0.1) is 0 Å². The molecule has 4 rings (SSSR count). The van der Waals surface area contributed by atoms with Gasteiger partial charge in [-0.15, -0.1) is 0 Å². The lowest BCUT2D eigenvalue weighted by Gasteiger charge is -2.30. The second-order valence-electron chi connectivity index (χ2n) is 8.33. The number of imide groups is 1. The number of carbonyl (C=O) groups is 3. The number of nitrogens with zero attached hydrogens (tertiary/aromatic N) is 2. The van der Waals surface area contributed by atoms with E-state index in [1.165, 1.54) is 12.0 Å². The number of hydrogen-bond acceptors (Lipinski definition) is 6. The van der Waals surface area contributed by atoms with Crippen molar-refractivity contribution < 1.29 is 27.5 Å². The van der Waals surface area contributed by atoms with E-state index in [9.17, 15) is 22.8 Å². The number of anilines is 1. The predicted octanol–water partition coefficient (Wildman–Crippen LogP) is 1.68. The SMILES string of the molecule is COc1ccc([C@@]2(C)NC(=O)N(CC(=O)N(c3ccccc3)[C@H]3CCS(=O)(=O)C3)C2=O)cc1. The Hall–Kier alpha value is -3.40. The monoisotopic (exact) mass is 471 g/mol. The van der Waals surface area contributed by atoms with E-state index in [-0.39, 0.29) is 11.5 Å². The van der Waals surface area contributed by atoms with Crippen LogP contribution < -0.4 is 15.0 Å². The molecule has 0 spiro atoms. The summed E-state index contributed by atoms with van der Waals surface area (Å²) < 4.78 is 29.3. The summed E-state index contributed by atoms with van der Waals surface area (Å²) in [7, 11) is -1.73. The first kappa shape index (κ1) is 22.8. The van der Waals surface area contributed by atoms with Crippen molar-refractivity contribution in [3.05, 3.63) is 60.2 Å². The molecule has 33 heavy (non-hydrogen) atoms. The maximum Gasteiger partial charge on any atom is 0.325 e. The molecule has 2 aliphatic rings. The standard InChI is InChI=1S/C23H25N3O6S/c1-23(16-8-10-19(32-2)11-9-16)21(28)25(22(29)24-23)14-20(27)26(17-6-4-3-5-7-17)18-12-13-33(30,31)15-18/h3-11,18H,12-15H2,1-2H3,(H,24,29)/t18-,23+/m0/s1. The van der Waals surface area contributed by atoms with Gasteiger partial charge in [-0.05, 0) is 43.2 Å². The molecule has 0 aromatic heterocycles. The Morgan fingerprint density at radius 1 is 1.15 bits per heavy atom. The van der Waals surface area contributed by atoms with Gasteiger partial charge >= 0.3 is 6.03 Å². The van der Waals surface area contributed by atoms with E-state index in [2.05, 4.69) is 5.32 Å². The lowest BCUT2D eigenvalue weighted by atomic mass is 9.92. The molecule has 2 saturated heterocycles. The van der Waals surface area contributed by atoms with E-state index in [4.69, 9.17) is 4.74 Å². The first-order valence-electron chi connectivity index (χ1n) is 10.5. The summed E-state index contributed by atoms with van der Waals surface area (Å²) in [4.78, 5) is 41.6. The quantitative estimate of drug-likeness (QED) is 0.642. The van der Waals surface area contributed by atoms with Crippen LogP contribution in [-0.4, -0.2) is 62.4 Å². The van der Waals surface area contributed by atoms with Crippen molar-refractivity contribution in [2.24, 2.45) is 0 Å². The molecule has 0 bridgehead atoms. The van der Waals surface area contributed by atoms with Crippen molar-refractivity contribution in [3.8, 4) is 5.75 Å². The van der Waals surface area contributed by atoms with Gasteiger partial charge in [-0.1, -0.05) is 30.3 Å². The summed E-state index contributed by atoms with van der Waals surface area (Å²) in [6.45, 7) is 1.08. The third-order valence-electron chi connectivity index (χ3n) is 6.11. The van der Waals surface area contributed by atoms with Gasteiger partial charge in [0.05, 0.1) is 24.7 Å². The zero-order chi connectivity index (χ0) is 23.8. The molecule has 1 N–H and O–H groups in total. The maximum atomic E-state index is 13.4. The average Bonchev–Trinajstić information content (AvgIpc) is 3.26. The molecule has 0 aliphatic carbocycles. The fourth-order valence-electron chi connectivity index (χ4n) is 4.30. The van der Waals surface area contributed by atoms with Crippen LogP contribution in [0.1, 0.15) is 18.9 Å². The molecule has 2 aromatic rings. The molecule has 2 aromatic carbocycles. The van der Waals surface area contributed by atoms with Crippen LogP contribution in [0.5, 0.6) is 5.75 Å². The van der Waals surface area contributed by atoms with Crippen LogP contribution in [0.2, 0.25) is 0 Å².